The Morgan fingerprint density at radius 2 is 1.81 bits per heavy atom. The van der Waals surface area contributed by atoms with E-state index >= 15 is 0 Å². The van der Waals surface area contributed by atoms with Crippen LogP contribution in [0.5, 0.6) is 0 Å². The molecule has 2 rings (SSSR count). The average Bonchev–Trinajstić information content (AvgIpc) is 2.45. The number of benzene rings is 1. The third-order valence-electron chi connectivity index (χ3n) is 3.62. The monoisotopic (exact) mass is 325 g/mol. The van der Waals surface area contributed by atoms with Gasteiger partial charge in [-0.15, -0.1) is 0 Å². The first-order chi connectivity index (χ1) is 10.0. The molecule has 1 aliphatic carbocycles. The molecular formula is C15H17Cl2N3O. The highest BCUT2D eigenvalue weighted by molar-refractivity contribution is 6.35. The number of anilines is 1. The molecule has 0 radical (unpaired) electrons. The molecule has 2 N–H and O–H groups in total. The van der Waals surface area contributed by atoms with Crippen molar-refractivity contribution in [2.24, 2.45) is 0 Å². The topological polar surface area (TPSA) is 64.9 Å². The van der Waals surface area contributed by atoms with Gasteiger partial charge < -0.3 is 10.6 Å². The number of amides is 1. The van der Waals surface area contributed by atoms with Crippen LogP contribution < -0.4 is 10.6 Å². The SMILES string of the molecule is N#CC1(NC(=O)CNc2cc(Cl)cc(Cl)c2)CCCCC1. The predicted molar refractivity (Wildman–Crippen MR) is 84.5 cm³/mol. The molecule has 0 heterocycles. The van der Waals surface area contributed by atoms with Crippen molar-refractivity contribution in [2.75, 3.05) is 11.9 Å². The summed E-state index contributed by atoms with van der Waals surface area (Å²) in [6, 6.07) is 7.28. The van der Waals surface area contributed by atoms with Crippen LogP contribution in [-0.4, -0.2) is 18.0 Å². The van der Waals surface area contributed by atoms with Crippen molar-refractivity contribution < 1.29 is 4.79 Å². The second-order valence-corrected chi connectivity index (χ2v) is 6.19. The Kier molecular flexibility index (Phi) is 5.33. The van der Waals surface area contributed by atoms with Crippen LogP contribution in [0.25, 0.3) is 0 Å². The third-order valence-corrected chi connectivity index (χ3v) is 4.05. The lowest BCUT2D eigenvalue weighted by Crippen LogP contribution is -2.50. The van der Waals surface area contributed by atoms with Gasteiger partial charge in [-0.3, -0.25) is 4.79 Å². The Labute approximate surface area is 134 Å². The Bertz CT molecular complexity index is 542. The van der Waals surface area contributed by atoms with Gasteiger partial charge in [-0.25, -0.2) is 0 Å². The average molecular weight is 326 g/mol. The molecule has 1 aromatic rings. The smallest absolute Gasteiger partial charge is 0.240 e. The van der Waals surface area contributed by atoms with Crippen LogP contribution in [-0.2, 0) is 4.79 Å². The zero-order chi connectivity index (χ0) is 15.3. The van der Waals surface area contributed by atoms with Crippen molar-refractivity contribution >= 4 is 34.8 Å². The van der Waals surface area contributed by atoms with E-state index in [2.05, 4.69) is 16.7 Å². The summed E-state index contributed by atoms with van der Waals surface area (Å²) in [7, 11) is 0. The summed E-state index contributed by atoms with van der Waals surface area (Å²) in [6.45, 7) is 0.0834. The van der Waals surface area contributed by atoms with Crippen LogP contribution >= 0.6 is 23.2 Å². The summed E-state index contributed by atoms with van der Waals surface area (Å²) in [5.41, 5.74) is -0.0273. The molecule has 1 amide bonds. The Morgan fingerprint density at radius 1 is 1.19 bits per heavy atom. The van der Waals surface area contributed by atoms with Crippen molar-refractivity contribution in [3.63, 3.8) is 0 Å². The number of nitriles is 1. The first kappa shape index (κ1) is 15.9. The lowest BCUT2D eigenvalue weighted by Gasteiger charge is -2.31. The second-order valence-electron chi connectivity index (χ2n) is 5.31. The van der Waals surface area contributed by atoms with E-state index in [1.165, 1.54) is 0 Å². The lowest BCUT2D eigenvalue weighted by molar-refractivity contribution is -0.121. The molecule has 0 bridgehead atoms. The lowest BCUT2D eigenvalue weighted by atomic mass is 9.83. The third kappa shape index (κ3) is 4.52. The van der Waals surface area contributed by atoms with Crippen molar-refractivity contribution in [3.8, 4) is 6.07 Å². The van der Waals surface area contributed by atoms with Crippen LogP contribution in [0, 0.1) is 11.3 Å². The summed E-state index contributed by atoms with van der Waals surface area (Å²) in [5.74, 6) is -0.199. The van der Waals surface area contributed by atoms with Crippen LogP contribution in [0.15, 0.2) is 18.2 Å². The van der Waals surface area contributed by atoms with Gasteiger partial charge in [0.1, 0.15) is 5.54 Å². The van der Waals surface area contributed by atoms with Gasteiger partial charge in [0.05, 0.1) is 12.6 Å². The standard InChI is InChI=1S/C15H17Cl2N3O/c16-11-6-12(17)8-13(7-11)19-9-14(21)20-15(10-18)4-2-1-3-5-15/h6-8,19H,1-5,9H2,(H,20,21). The van der Waals surface area contributed by atoms with E-state index < -0.39 is 5.54 Å². The predicted octanol–water partition coefficient (Wildman–Crippen LogP) is 3.75. The van der Waals surface area contributed by atoms with E-state index in [9.17, 15) is 10.1 Å². The summed E-state index contributed by atoms with van der Waals surface area (Å²) < 4.78 is 0. The molecule has 1 fully saturated rings. The first-order valence-corrected chi connectivity index (χ1v) is 7.71. The summed E-state index contributed by atoms with van der Waals surface area (Å²) >= 11 is 11.8. The van der Waals surface area contributed by atoms with Crippen molar-refractivity contribution in [2.45, 2.75) is 37.6 Å². The molecule has 21 heavy (non-hydrogen) atoms. The fourth-order valence-electron chi connectivity index (χ4n) is 2.57. The number of hydrogen-bond donors (Lipinski definition) is 2. The second kappa shape index (κ2) is 7.02. The molecular weight excluding hydrogens is 309 g/mol. The zero-order valence-electron chi connectivity index (χ0n) is 11.6. The fourth-order valence-corrected chi connectivity index (χ4v) is 3.10. The van der Waals surface area contributed by atoms with E-state index in [4.69, 9.17) is 23.2 Å². The van der Waals surface area contributed by atoms with Crippen LogP contribution in [0.1, 0.15) is 32.1 Å². The number of halogens is 2. The highest BCUT2D eigenvalue weighted by Crippen LogP contribution is 2.27. The minimum Gasteiger partial charge on any atom is -0.376 e. The molecule has 4 nitrogen and oxygen atoms in total. The van der Waals surface area contributed by atoms with Crippen LogP contribution in [0.2, 0.25) is 10.0 Å². The number of nitrogens with zero attached hydrogens (tertiary/aromatic N) is 1. The first-order valence-electron chi connectivity index (χ1n) is 6.95. The van der Waals surface area contributed by atoms with Gasteiger partial charge in [0.25, 0.3) is 0 Å². The highest BCUT2D eigenvalue weighted by atomic mass is 35.5. The van der Waals surface area contributed by atoms with Gasteiger partial charge >= 0.3 is 0 Å². The molecule has 0 atom stereocenters. The molecule has 1 aliphatic rings. The molecule has 0 aromatic heterocycles. The van der Waals surface area contributed by atoms with Gasteiger partial charge in [-0.05, 0) is 31.0 Å². The number of carbonyl (C=O) groups is 1. The highest BCUT2D eigenvalue weighted by Gasteiger charge is 2.33. The summed E-state index contributed by atoms with van der Waals surface area (Å²) in [4.78, 5) is 12.0. The van der Waals surface area contributed by atoms with Crippen molar-refractivity contribution in [3.05, 3.63) is 28.2 Å². The molecule has 0 aliphatic heterocycles. The molecule has 112 valence electrons. The molecule has 1 saturated carbocycles. The van der Waals surface area contributed by atoms with Gasteiger partial charge in [-0.1, -0.05) is 42.5 Å². The maximum atomic E-state index is 12.0. The maximum Gasteiger partial charge on any atom is 0.240 e. The van der Waals surface area contributed by atoms with Gasteiger partial charge in [0, 0.05) is 15.7 Å². The molecule has 6 heteroatoms. The Balaban J connectivity index is 1.91. The quantitative estimate of drug-likeness (QED) is 0.886. The van der Waals surface area contributed by atoms with E-state index in [0.717, 1.165) is 32.1 Å². The van der Waals surface area contributed by atoms with E-state index in [1.54, 1.807) is 18.2 Å². The number of rotatable bonds is 4. The fraction of sp³-hybridized carbons (Fsp3) is 0.467. The summed E-state index contributed by atoms with van der Waals surface area (Å²) in [5, 5.41) is 16.2. The summed E-state index contributed by atoms with van der Waals surface area (Å²) in [6.07, 6.45) is 4.52. The Hall–Kier alpha value is -1.44. The number of carbonyl (C=O) groups excluding carboxylic acids is 1. The van der Waals surface area contributed by atoms with Gasteiger partial charge in [0.2, 0.25) is 5.91 Å². The van der Waals surface area contributed by atoms with Crippen molar-refractivity contribution in [1.29, 1.82) is 5.26 Å². The van der Waals surface area contributed by atoms with Gasteiger partial charge in [-0.2, -0.15) is 5.26 Å². The Morgan fingerprint density at radius 3 is 2.38 bits per heavy atom. The van der Waals surface area contributed by atoms with E-state index in [-0.39, 0.29) is 12.5 Å². The van der Waals surface area contributed by atoms with E-state index in [1.807, 2.05) is 0 Å². The van der Waals surface area contributed by atoms with E-state index in [0.29, 0.717) is 15.7 Å². The zero-order valence-corrected chi connectivity index (χ0v) is 13.1. The molecule has 0 saturated heterocycles. The van der Waals surface area contributed by atoms with Crippen LogP contribution in [0.4, 0.5) is 5.69 Å². The van der Waals surface area contributed by atoms with Gasteiger partial charge in [0.15, 0.2) is 0 Å². The molecule has 0 unspecified atom stereocenters. The normalized spacial score (nSPS) is 16.8. The van der Waals surface area contributed by atoms with Crippen molar-refractivity contribution in [1.82, 2.24) is 5.32 Å². The largest absolute Gasteiger partial charge is 0.376 e. The molecule has 1 aromatic carbocycles. The minimum atomic E-state index is -0.705. The number of hydrogen-bond acceptors (Lipinski definition) is 3. The molecule has 0 spiro atoms. The van der Waals surface area contributed by atoms with Crippen LogP contribution in [0.3, 0.4) is 0 Å². The maximum absolute atomic E-state index is 12.0. The minimum absolute atomic E-state index is 0.0834. The number of nitrogens with one attached hydrogen (secondary N) is 2.